The van der Waals surface area contributed by atoms with Gasteiger partial charge in [-0.1, -0.05) is 36.4 Å². The van der Waals surface area contributed by atoms with Crippen molar-refractivity contribution in [3.05, 3.63) is 47.7 Å². The number of amides is 1. The second kappa shape index (κ2) is 8.22. The van der Waals surface area contributed by atoms with Crippen LogP contribution in [0.2, 0.25) is 0 Å². The first-order valence-electron chi connectivity index (χ1n) is 7.45. The number of carbonyl (C=O) groups excluding carboxylic acids is 2. The Hall–Kier alpha value is -2.30. The summed E-state index contributed by atoms with van der Waals surface area (Å²) in [5.41, 5.74) is 1.79. The van der Waals surface area contributed by atoms with Crippen molar-refractivity contribution in [3.8, 4) is 0 Å². The zero-order valence-corrected chi connectivity index (χ0v) is 12.8. The largest absolute Gasteiger partial charge is 0.469 e. The third kappa shape index (κ3) is 4.62. The molecule has 1 aliphatic rings. The fraction of sp³-hybridized carbons (Fsp3) is 0.412. The van der Waals surface area contributed by atoms with E-state index in [1.807, 2.05) is 36.4 Å². The first kappa shape index (κ1) is 16.1. The molecule has 1 aromatic carbocycles. The van der Waals surface area contributed by atoms with Crippen LogP contribution in [0.4, 0.5) is 4.79 Å². The van der Waals surface area contributed by atoms with Gasteiger partial charge in [0.25, 0.3) is 0 Å². The molecule has 0 aliphatic carbocycles. The first-order valence-corrected chi connectivity index (χ1v) is 7.45. The average Bonchev–Trinajstić information content (AvgIpc) is 2.58. The van der Waals surface area contributed by atoms with Crippen LogP contribution in [0.3, 0.4) is 0 Å². The van der Waals surface area contributed by atoms with Crippen molar-refractivity contribution < 1.29 is 19.1 Å². The number of hydrogen-bond acceptors (Lipinski definition) is 4. The van der Waals surface area contributed by atoms with Crippen LogP contribution < -0.4 is 0 Å². The lowest BCUT2D eigenvalue weighted by molar-refractivity contribution is -0.140. The third-order valence-electron chi connectivity index (χ3n) is 3.55. The normalized spacial score (nSPS) is 14.2. The van der Waals surface area contributed by atoms with Crippen LogP contribution in [0.15, 0.2) is 42.1 Å². The van der Waals surface area contributed by atoms with Crippen molar-refractivity contribution in [3.63, 3.8) is 0 Å². The Bertz CT molecular complexity index is 539. The van der Waals surface area contributed by atoms with Crippen LogP contribution in [-0.2, 0) is 20.9 Å². The lowest BCUT2D eigenvalue weighted by Gasteiger charge is -2.28. The molecule has 5 nitrogen and oxygen atoms in total. The maximum absolute atomic E-state index is 12.2. The van der Waals surface area contributed by atoms with Crippen molar-refractivity contribution >= 4 is 12.1 Å². The van der Waals surface area contributed by atoms with Gasteiger partial charge in [0.05, 0.1) is 13.5 Å². The van der Waals surface area contributed by atoms with Crippen molar-refractivity contribution in [2.45, 2.75) is 32.3 Å². The molecule has 0 spiro atoms. The van der Waals surface area contributed by atoms with E-state index >= 15 is 0 Å². The molecule has 118 valence electrons. The summed E-state index contributed by atoms with van der Waals surface area (Å²) in [4.78, 5) is 25.1. The molecule has 1 heterocycles. The summed E-state index contributed by atoms with van der Waals surface area (Å²) in [7, 11) is 1.36. The van der Waals surface area contributed by atoms with E-state index in [1.54, 1.807) is 4.90 Å². The second-order valence-corrected chi connectivity index (χ2v) is 5.11. The fourth-order valence-electron chi connectivity index (χ4n) is 2.35. The molecule has 0 fully saturated rings. The van der Waals surface area contributed by atoms with Gasteiger partial charge < -0.3 is 9.47 Å². The number of allylic oxidation sites excluding steroid dienone is 2. The van der Waals surface area contributed by atoms with Crippen LogP contribution in [0.1, 0.15) is 31.2 Å². The molecule has 22 heavy (non-hydrogen) atoms. The molecular formula is C17H21NO4. The zero-order valence-electron chi connectivity index (χ0n) is 12.8. The molecule has 0 N–H and O–H groups in total. The van der Waals surface area contributed by atoms with E-state index < -0.39 is 0 Å². The minimum Gasteiger partial charge on any atom is -0.469 e. The summed E-state index contributed by atoms with van der Waals surface area (Å²) in [5.74, 6) is -0.274. The minimum absolute atomic E-state index is 0.250. The molecular weight excluding hydrogens is 282 g/mol. The highest BCUT2D eigenvalue weighted by Crippen LogP contribution is 2.21. The van der Waals surface area contributed by atoms with Crippen LogP contribution in [0, 0.1) is 0 Å². The number of ether oxygens (including phenoxy) is 2. The molecule has 0 unspecified atom stereocenters. The summed E-state index contributed by atoms with van der Waals surface area (Å²) in [5, 5.41) is 0. The Morgan fingerprint density at radius 1 is 1.23 bits per heavy atom. The van der Waals surface area contributed by atoms with Gasteiger partial charge in [-0.25, -0.2) is 4.79 Å². The summed E-state index contributed by atoms with van der Waals surface area (Å²) >= 11 is 0. The van der Waals surface area contributed by atoms with Crippen LogP contribution in [0.5, 0.6) is 0 Å². The molecule has 2 rings (SSSR count). The Morgan fingerprint density at radius 2 is 2.00 bits per heavy atom. The molecule has 1 amide bonds. The number of esters is 1. The lowest BCUT2D eigenvalue weighted by Crippen LogP contribution is -2.34. The molecule has 0 aromatic heterocycles. The predicted octanol–water partition coefficient (Wildman–Crippen LogP) is 3.26. The topological polar surface area (TPSA) is 55.8 Å². The molecule has 0 saturated carbocycles. The number of rotatable bonds is 5. The number of hydrogen-bond donors (Lipinski definition) is 0. The van der Waals surface area contributed by atoms with Crippen molar-refractivity contribution in [2.75, 3.05) is 13.7 Å². The molecule has 5 heteroatoms. The average molecular weight is 303 g/mol. The first-order chi connectivity index (χ1) is 10.7. The van der Waals surface area contributed by atoms with Crippen LogP contribution in [0.25, 0.3) is 0 Å². The number of nitrogens with zero attached hydrogens (tertiary/aromatic N) is 1. The second-order valence-electron chi connectivity index (χ2n) is 5.11. The minimum atomic E-state index is -0.361. The standard InChI is InChI=1S/C17H21NO4/c1-21-16(19)11-10-15-9-5-6-12-18(15)17(20)22-13-14-7-3-2-4-8-14/h2-4,7-9H,5-6,10-13H2,1H3. The molecule has 0 atom stereocenters. The van der Waals surface area contributed by atoms with Crippen molar-refractivity contribution in [1.82, 2.24) is 4.90 Å². The maximum Gasteiger partial charge on any atom is 0.414 e. The quantitative estimate of drug-likeness (QED) is 0.783. The summed E-state index contributed by atoms with van der Waals surface area (Å²) in [6.07, 6.45) is 4.22. The number of carbonyl (C=O) groups is 2. The third-order valence-corrected chi connectivity index (χ3v) is 3.55. The summed E-state index contributed by atoms with van der Waals surface area (Å²) in [6.45, 7) is 0.876. The Balaban J connectivity index is 1.90. The van der Waals surface area contributed by atoms with E-state index in [-0.39, 0.29) is 25.1 Å². The van der Waals surface area contributed by atoms with E-state index in [0.29, 0.717) is 13.0 Å². The Kier molecular flexibility index (Phi) is 6.01. The molecule has 1 aromatic rings. The highest BCUT2D eigenvalue weighted by molar-refractivity contribution is 5.72. The van der Waals surface area contributed by atoms with Gasteiger partial charge in [0.2, 0.25) is 0 Å². The zero-order chi connectivity index (χ0) is 15.8. The van der Waals surface area contributed by atoms with Crippen molar-refractivity contribution in [1.29, 1.82) is 0 Å². The summed E-state index contributed by atoms with van der Waals surface area (Å²) in [6, 6.07) is 9.57. The highest BCUT2D eigenvalue weighted by Gasteiger charge is 2.22. The molecule has 1 aliphatic heterocycles. The van der Waals surface area contributed by atoms with Crippen molar-refractivity contribution in [2.24, 2.45) is 0 Å². The predicted molar refractivity (Wildman–Crippen MR) is 81.9 cm³/mol. The number of benzene rings is 1. The molecule has 0 bridgehead atoms. The van der Waals surface area contributed by atoms with Gasteiger partial charge in [-0.15, -0.1) is 0 Å². The smallest absolute Gasteiger partial charge is 0.414 e. The van der Waals surface area contributed by atoms with Crippen LogP contribution in [-0.4, -0.2) is 30.6 Å². The number of methoxy groups -OCH3 is 1. The van der Waals surface area contributed by atoms with E-state index in [1.165, 1.54) is 7.11 Å². The SMILES string of the molecule is COC(=O)CCC1=CCCCN1C(=O)OCc1ccccc1. The van der Waals surface area contributed by atoms with Gasteiger partial charge in [0, 0.05) is 12.2 Å². The monoisotopic (exact) mass is 303 g/mol. The molecule has 0 radical (unpaired) electrons. The van der Waals surface area contributed by atoms with Gasteiger partial charge in [-0.05, 0) is 24.8 Å². The van der Waals surface area contributed by atoms with Crippen LogP contribution >= 0.6 is 0 Å². The lowest BCUT2D eigenvalue weighted by atomic mass is 10.1. The van der Waals surface area contributed by atoms with Gasteiger partial charge in [-0.3, -0.25) is 9.69 Å². The summed E-state index contributed by atoms with van der Waals surface area (Å²) < 4.78 is 10.0. The maximum atomic E-state index is 12.2. The Labute approximate surface area is 130 Å². The van der Waals surface area contributed by atoms with Gasteiger partial charge in [0.15, 0.2) is 0 Å². The van der Waals surface area contributed by atoms with E-state index in [0.717, 1.165) is 24.1 Å². The van der Waals surface area contributed by atoms with Gasteiger partial charge >= 0.3 is 12.1 Å². The highest BCUT2D eigenvalue weighted by atomic mass is 16.6. The fourth-order valence-corrected chi connectivity index (χ4v) is 2.35. The van der Waals surface area contributed by atoms with E-state index in [2.05, 4.69) is 4.74 Å². The van der Waals surface area contributed by atoms with E-state index in [9.17, 15) is 9.59 Å². The van der Waals surface area contributed by atoms with Gasteiger partial charge in [0.1, 0.15) is 6.61 Å². The Morgan fingerprint density at radius 3 is 2.73 bits per heavy atom. The molecule has 0 saturated heterocycles. The van der Waals surface area contributed by atoms with Gasteiger partial charge in [-0.2, -0.15) is 0 Å². The van der Waals surface area contributed by atoms with E-state index in [4.69, 9.17) is 4.74 Å².